The van der Waals surface area contributed by atoms with E-state index < -0.39 is 0 Å². The van der Waals surface area contributed by atoms with Crippen LogP contribution >= 0.6 is 23.2 Å². The number of hydrogen-bond donors (Lipinski definition) is 0. The van der Waals surface area contributed by atoms with Crippen LogP contribution in [0.15, 0.2) is 54.6 Å². The predicted molar refractivity (Wildman–Crippen MR) is 87.7 cm³/mol. The van der Waals surface area contributed by atoms with Crippen LogP contribution in [0, 0.1) is 6.92 Å². The van der Waals surface area contributed by atoms with Crippen LogP contribution < -0.4 is 0 Å². The molecular formula is C17H12Cl2N2. The third-order valence-electron chi connectivity index (χ3n) is 3.24. The molecule has 0 bridgehead atoms. The zero-order chi connectivity index (χ0) is 14.8. The standard InChI is InChI=1S/C17H12Cl2N2/c1-11-10-16(12-2-6-14(18)7-3-12)20-21-17(11)13-4-8-15(19)9-5-13/h2-10H,1H3. The first-order chi connectivity index (χ1) is 10.1. The Balaban J connectivity index is 1.99. The maximum atomic E-state index is 5.91. The highest BCUT2D eigenvalue weighted by Crippen LogP contribution is 2.26. The lowest BCUT2D eigenvalue weighted by molar-refractivity contribution is 1.03. The van der Waals surface area contributed by atoms with E-state index in [9.17, 15) is 0 Å². The minimum absolute atomic E-state index is 0.709. The van der Waals surface area contributed by atoms with Gasteiger partial charge in [-0.3, -0.25) is 0 Å². The molecule has 0 radical (unpaired) electrons. The summed E-state index contributed by atoms with van der Waals surface area (Å²) in [6.07, 6.45) is 0. The molecule has 0 saturated carbocycles. The lowest BCUT2D eigenvalue weighted by Gasteiger charge is -2.07. The van der Waals surface area contributed by atoms with Crippen LogP contribution in [0.4, 0.5) is 0 Å². The van der Waals surface area contributed by atoms with Crippen molar-refractivity contribution in [2.75, 3.05) is 0 Å². The summed E-state index contributed by atoms with van der Waals surface area (Å²) in [5.41, 5.74) is 4.77. The molecule has 2 aromatic carbocycles. The second-order valence-corrected chi connectivity index (χ2v) is 5.65. The first kappa shape index (κ1) is 14.1. The van der Waals surface area contributed by atoms with E-state index in [4.69, 9.17) is 23.2 Å². The number of nitrogens with zero attached hydrogens (tertiary/aromatic N) is 2. The van der Waals surface area contributed by atoms with Crippen LogP contribution in [0.3, 0.4) is 0 Å². The summed E-state index contributed by atoms with van der Waals surface area (Å²) in [6.45, 7) is 2.03. The van der Waals surface area contributed by atoms with E-state index >= 15 is 0 Å². The van der Waals surface area contributed by atoms with Gasteiger partial charge in [0.25, 0.3) is 0 Å². The van der Waals surface area contributed by atoms with Gasteiger partial charge in [0.2, 0.25) is 0 Å². The van der Waals surface area contributed by atoms with Crippen molar-refractivity contribution in [2.24, 2.45) is 0 Å². The van der Waals surface area contributed by atoms with E-state index in [1.807, 2.05) is 61.5 Å². The minimum Gasteiger partial charge on any atom is -0.150 e. The monoisotopic (exact) mass is 314 g/mol. The van der Waals surface area contributed by atoms with Crippen LogP contribution in [0.25, 0.3) is 22.5 Å². The first-order valence-corrected chi connectivity index (χ1v) is 7.25. The smallest absolute Gasteiger partial charge is 0.0959 e. The second-order valence-electron chi connectivity index (χ2n) is 4.77. The number of aryl methyl sites for hydroxylation is 1. The van der Waals surface area contributed by atoms with Crippen LogP contribution in [0.1, 0.15) is 5.56 Å². The molecule has 104 valence electrons. The summed E-state index contributed by atoms with van der Waals surface area (Å²) in [4.78, 5) is 0. The molecule has 0 unspecified atom stereocenters. The maximum absolute atomic E-state index is 5.91. The molecule has 4 heteroatoms. The van der Waals surface area contributed by atoms with E-state index in [0.29, 0.717) is 10.0 Å². The van der Waals surface area contributed by atoms with Crippen molar-refractivity contribution in [1.82, 2.24) is 10.2 Å². The molecule has 0 fully saturated rings. The Kier molecular flexibility index (Phi) is 3.91. The molecule has 0 aliphatic rings. The second kappa shape index (κ2) is 5.84. The maximum Gasteiger partial charge on any atom is 0.0959 e. The molecule has 21 heavy (non-hydrogen) atoms. The number of halogens is 2. The number of aromatic nitrogens is 2. The van der Waals surface area contributed by atoms with Gasteiger partial charge in [0.05, 0.1) is 11.4 Å². The average molecular weight is 315 g/mol. The Hall–Kier alpha value is -1.90. The molecule has 2 nitrogen and oxygen atoms in total. The van der Waals surface area contributed by atoms with Crippen molar-refractivity contribution in [2.45, 2.75) is 6.92 Å². The van der Waals surface area contributed by atoms with Crippen molar-refractivity contribution in [1.29, 1.82) is 0 Å². The molecule has 0 aliphatic carbocycles. The normalized spacial score (nSPS) is 10.6. The lowest BCUT2D eigenvalue weighted by atomic mass is 10.1. The Morgan fingerprint density at radius 3 is 1.76 bits per heavy atom. The molecule has 0 saturated heterocycles. The molecule has 0 aliphatic heterocycles. The zero-order valence-corrected chi connectivity index (χ0v) is 12.9. The quantitative estimate of drug-likeness (QED) is 0.630. The lowest BCUT2D eigenvalue weighted by Crippen LogP contribution is -1.94. The number of benzene rings is 2. The minimum atomic E-state index is 0.709. The topological polar surface area (TPSA) is 25.8 Å². The average Bonchev–Trinajstić information content (AvgIpc) is 2.49. The Bertz CT molecular complexity index is 766. The van der Waals surface area contributed by atoms with Gasteiger partial charge in [-0.05, 0) is 42.8 Å². The molecular weight excluding hydrogens is 303 g/mol. The molecule has 1 aromatic heterocycles. The Labute approximate surface area is 133 Å². The van der Waals surface area contributed by atoms with Crippen LogP contribution in [-0.4, -0.2) is 10.2 Å². The Morgan fingerprint density at radius 2 is 1.24 bits per heavy atom. The fraction of sp³-hybridized carbons (Fsp3) is 0.0588. The van der Waals surface area contributed by atoms with E-state index in [-0.39, 0.29) is 0 Å². The van der Waals surface area contributed by atoms with E-state index in [0.717, 1.165) is 28.1 Å². The van der Waals surface area contributed by atoms with Crippen molar-refractivity contribution < 1.29 is 0 Å². The SMILES string of the molecule is Cc1cc(-c2ccc(Cl)cc2)nnc1-c1ccc(Cl)cc1. The number of rotatable bonds is 2. The van der Waals surface area contributed by atoms with Gasteiger partial charge in [-0.25, -0.2) is 0 Å². The highest BCUT2D eigenvalue weighted by Gasteiger charge is 2.07. The zero-order valence-electron chi connectivity index (χ0n) is 11.3. The molecule has 0 N–H and O–H groups in total. The summed E-state index contributed by atoms with van der Waals surface area (Å²) in [5.74, 6) is 0. The third-order valence-corrected chi connectivity index (χ3v) is 3.75. The van der Waals surface area contributed by atoms with Gasteiger partial charge in [-0.15, -0.1) is 10.2 Å². The molecule has 1 heterocycles. The van der Waals surface area contributed by atoms with Crippen LogP contribution in [-0.2, 0) is 0 Å². The van der Waals surface area contributed by atoms with Crippen molar-refractivity contribution >= 4 is 23.2 Å². The van der Waals surface area contributed by atoms with Crippen molar-refractivity contribution in [3.63, 3.8) is 0 Å². The van der Waals surface area contributed by atoms with Crippen LogP contribution in [0.2, 0.25) is 10.0 Å². The van der Waals surface area contributed by atoms with Crippen molar-refractivity contribution in [3.8, 4) is 22.5 Å². The van der Waals surface area contributed by atoms with E-state index in [1.165, 1.54) is 0 Å². The van der Waals surface area contributed by atoms with E-state index in [1.54, 1.807) is 0 Å². The van der Waals surface area contributed by atoms with Gasteiger partial charge in [-0.1, -0.05) is 47.5 Å². The highest BCUT2D eigenvalue weighted by atomic mass is 35.5. The summed E-state index contributed by atoms with van der Waals surface area (Å²) in [5, 5.41) is 10.1. The highest BCUT2D eigenvalue weighted by molar-refractivity contribution is 6.30. The molecule has 0 atom stereocenters. The summed E-state index contributed by atoms with van der Waals surface area (Å²) >= 11 is 11.8. The van der Waals surface area contributed by atoms with Crippen LogP contribution in [0.5, 0.6) is 0 Å². The summed E-state index contributed by atoms with van der Waals surface area (Å²) in [7, 11) is 0. The van der Waals surface area contributed by atoms with Crippen molar-refractivity contribution in [3.05, 3.63) is 70.2 Å². The summed E-state index contributed by atoms with van der Waals surface area (Å²) < 4.78 is 0. The third kappa shape index (κ3) is 3.07. The van der Waals surface area contributed by atoms with Gasteiger partial charge >= 0.3 is 0 Å². The predicted octanol–water partition coefficient (Wildman–Crippen LogP) is 5.43. The van der Waals surface area contributed by atoms with Gasteiger partial charge in [-0.2, -0.15) is 0 Å². The molecule has 3 aromatic rings. The summed E-state index contributed by atoms with van der Waals surface area (Å²) in [6, 6.07) is 17.2. The van der Waals surface area contributed by atoms with Gasteiger partial charge in [0.15, 0.2) is 0 Å². The van der Waals surface area contributed by atoms with Gasteiger partial charge in [0, 0.05) is 21.2 Å². The Morgan fingerprint density at radius 1 is 0.714 bits per heavy atom. The molecule has 0 amide bonds. The number of hydrogen-bond acceptors (Lipinski definition) is 2. The van der Waals surface area contributed by atoms with Gasteiger partial charge < -0.3 is 0 Å². The molecule has 3 rings (SSSR count). The van der Waals surface area contributed by atoms with Gasteiger partial charge in [0.1, 0.15) is 0 Å². The fourth-order valence-electron chi connectivity index (χ4n) is 2.14. The largest absolute Gasteiger partial charge is 0.150 e. The fourth-order valence-corrected chi connectivity index (χ4v) is 2.39. The first-order valence-electron chi connectivity index (χ1n) is 6.50. The molecule has 0 spiro atoms. The van der Waals surface area contributed by atoms with E-state index in [2.05, 4.69) is 10.2 Å².